The van der Waals surface area contributed by atoms with Crippen LogP contribution in [0.25, 0.3) is 0 Å². The van der Waals surface area contributed by atoms with Crippen LogP contribution < -0.4 is 5.32 Å². The summed E-state index contributed by atoms with van der Waals surface area (Å²) >= 11 is 11.7. The molecule has 0 aliphatic carbocycles. The first-order valence-electron chi connectivity index (χ1n) is 5.12. The van der Waals surface area contributed by atoms with Crippen LogP contribution in [-0.4, -0.2) is 5.11 Å². The van der Waals surface area contributed by atoms with Crippen LogP contribution in [-0.2, 0) is 6.54 Å². The van der Waals surface area contributed by atoms with E-state index in [1.54, 1.807) is 30.3 Å². The summed E-state index contributed by atoms with van der Waals surface area (Å²) in [5, 5.41) is 13.6. The maximum atomic E-state index is 9.32. The second-order valence-electron chi connectivity index (χ2n) is 3.65. The van der Waals surface area contributed by atoms with Gasteiger partial charge in [-0.15, -0.1) is 0 Å². The number of aromatic hydroxyl groups is 1. The van der Waals surface area contributed by atoms with E-state index in [9.17, 15) is 5.11 Å². The Morgan fingerprint density at radius 2 is 1.82 bits per heavy atom. The normalized spacial score (nSPS) is 10.2. The molecule has 0 saturated carbocycles. The van der Waals surface area contributed by atoms with E-state index >= 15 is 0 Å². The first kappa shape index (κ1) is 12.1. The van der Waals surface area contributed by atoms with E-state index in [0.717, 1.165) is 11.3 Å². The molecule has 0 aliphatic heterocycles. The Morgan fingerprint density at radius 1 is 1.00 bits per heavy atom. The fourth-order valence-corrected chi connectivity index (χ4v) is 1.77. The maximum absolute atomic E-state index is 9.32. The van der Waals surface area contributed by atoms with Crippen molar-refractivity contribution in [3.63, 3.8) is 0 Å². The molecule has 0 radical (unpaired) electrons. The van der Waals surface area contributed by atoms with Gasteiger partial charge in [0.1, 0.15) is 5.75 Å². The monoisotopic (exact) mass is 267 g/mol. The molecule has 0 saturated heterocycles. The fraction of sp³-hybridized carbons (Fsp3) is 0.0769. The van der Waals surface area contributed by atoms with Gasteiger partial charge in [-0.1, -0.05) is 35.3 Å². The standard InChI is InChI=1S/C13H11Cl2NO/c14-12-5-4-10(7-13(12)15)16-8-9-2-1-3-11(17)6-9/h1-7,16-17H,8H2. The van der Waals surface area contributed by atoms with Gasteiger partial charge in [0.15, 0.2) is 0 Å². The summed E-state index contributed by atoms with van der Waals surface area (Å²) in [6.45, 7) is 0.617. The summed E-state index contributed by atoms with van der Waals surface area (Å²) in [5.41, 5.74) is 1.89. The van der Waals surface area contributed by atoms with Crippen LogP contribution in [0.1, 0.15) is 5.56 Å². The Morgan fingerprint density at radius 3 is 2.53 bits per heavy atom. The molecule has 0 bridgehead atoms. The Kier molecular flexibility index (Phi) is 3.77. The highest BCUT2D eigenvalue weighted by atomic mass is 35.5. The van der Waals surface area contributed by atoms with Gasteiger partial charge in [-0.05, 0) is 35.9 Å². The summed E-state index contributed by atoms with van der Waals surface area (Å²) in [4.78, 5) is 0. The number of phenols is 1. The predicted molar refractivity (Wildman–Crippen MR) is 71.9 cm³/mol. The molecule has 88 valence electrons. The quantitative estimate of drug-likeness (QED) is 0.869. The molecule has 2 aromatic rings. The molecule has 2 N–H and O–H groups in total. The molecule has 0 unspecified atom stereocenters. The van der Waals surface area contributed by atoms with E-state index in [0.29, 0.717) is 16.6 Å². The minimum absolute atomic E-state index is 0.262. The van der Waals surface area contributed by atoms with Crippen molar-refractivity contribution in [1.29, 1.82) is 0 Å². The molecule has 0 amide bonds. The zero-order valence-electron chi connectivity index (χ0n) is 8.95. The number of anilines is 1. The molecule has 0 atom stereocenters. The van der Waals surface area contributed by atoms with Gasteiger partial charge in [-0.3, -0.25) is 0 Å². The topological polar surface area (TPSA) is 32.3 Å². The molecule has 0 fully saturated rings. The molecule has 0 aromatic heterocycles. The van der Waals surface area contributed by atoms with Gasteiger partial charge >= 0.3 is 0 Å². The molecule has 2 rings (SSSR count). The van der Waals surface area contributed by atoms with Gasteiger partial charge in [0, 0.05) is 12.2 Å². The lowest BCUT2D eigenvalue weighted by atomic mass is 10.2. The zero-order valence-corrected chi connectivity index (χ0v) is 10.5. The van der Waals surface area contributed by atoms with Gasteiger partial charge < -0.3 is 10.4 Å². The molecular formula is C13H11Cl2NO. The van der Waals surface area contributed by atoms with E-state index in [1.807, 2.05) is 12.1 Å². The lowest BCUT2D eigenvalue weighted by Gasteiger charge is -2.07. The van der Waals surface area contributed by atoms with Crippen molar-refractivity contribution in [3.8, 4) is 5.75 Å². The number of hydrogen-bond acceptors (Lipinski definition) is 2. The van der Waals surface area contributed by atoms with Gasteiger partial charge in [-0.2, -0.15) is 0 Å². The summed E-state index contributed by atoms with van der Waals surface area (Å²) in [7, 11) is 0. The second-order valence-corrected chi connectivity index (χ2v) is 4.47. The zero-order chi connectivity index (χ0) is 12.3. The minimum Gasteiger partial charge on any atom is -0.508 e. The lowest BCUT2D eigenvalue weighted by molar-refractivity contribution is 0.474. The van der Waals surface area contributed by atoms with Crippen LogP contribution in [0.3, 0.4) is 0 Å². The van der Waals surface area contributed by atoms with Crippen molar-refractivity contribution in [2.24, 2.45) is 0 Å². The molecule has 2 nitrogen and oxygen atoms in total. The van der Waals surface area contributed by atoms with E-state index in [4.69, 9.17) is 23.2 Å². The fourth-order valence-electron chi connectivity index (χ4n) is 1.48. The largest absolute Gasteiger partial charge is 0.508 e. The predicted octanol–water partition coefficient (Wildman–Crippen LogP) is 4.31. The highest BCUT2D eigenvalue weighted by Gasteiger charge is 1.99. The van der Waals surface area contributed by atoms with E-state index in [2.05, 4.69) is 5.32 Å². The summed E-state index contributed by atoms with van der Waals surface area (Å²) in [5.74, 6) is 0.262. The number of phenolic OH excluding ortho intramolecular Hbond substituents is 1. The SMILES string of the molecule is Oc1cccc(CNc2ccc(Cl)c(Cl)c2)c1. The molecule has 4 heteroatoms. The van der Waals surface area contributed by atoms with Gasteiger partial charge in [0.25, 0.3) is 0 Å². The van der Waals surface area contributed by atoms with Crippen LogP contribution in [0.5, 0.6) is 5.75 Å². The second kappa shape index (κ2) is 5.30. The van der Waals surface area contributed by atoms with Crippen molar-refractivity contribution in [2.75, 3.05) is 5.32 Å². The Hall–Kier alpha value is -1.38. The van der Waals surface area contributed by atoms with Crippen molar-refractivity contribution in [2.45, 2.75) is 6.54 Å². The van der Waals surface area contributed by atoms with Crippen LogP contribution in [0.15, 0.2) is 42.5 Å². The molecular weight excluding hydrogens is 257 g/mol. The highest BCUT2D eigenvalue weighted by Crippen LogP contribution is 2.25. The van der Waals surface area contributed by atoms with Crippen molar-refractivity contribution in [3.05, 3.63) is 58.1 Å². The van der Waals surface area contributed by atoms with Crippen molar-refractivity contribution in [1.82, 2.24) is 0 Å². The smallest absolute Gasteiger partial charge is 0.115 e. The van der Waals surface area contributed by atoms with Gasteiger partial charge in [-0.25, -0.2) is 0 Å². The molecule has 0 aliphatic rings. The first-order chi connectivity index (χ1) is 8.15. The lowest BCUT2D eigenvalue weighted by Crippen LogP contribution is -1.98. The van der Waals surface area contributed by atoms with Crippen LogP contribution in [0, 0.1) is 0 Å². The van der Waals surface area contributed by atoms with Crippen LogP contribution >= 0.6 is 23.2 Å². The van der Waals surface area contributed by atoms with E-state index in [-0.39, 0.29) is 5.75 Å². The maximum Gasteiger partial charge on any atom is 0.115 e. The van der Waals surface area contributed by atoms with Crippen LogP contribution in [0.2, 0.25) is 10.0 Å². The van der Waals surface area contributed by atoms with Crippen LogP contribution in [0.4, 0.5) is 5.69 Å². The van der Waals surface area contributed by atoms with Gasteiger partial charge in [0.2, 0.25) is 0 Å². The molecule has 2 aromatic carbocycles. The minimum atomic E-state index is 0.262. The average molecular weight is 268 g/mol. The number of halogens is 2. The van der Waals surface area contributed by atoms with Crippen molar-refractivity contribution < 1.29 is 5.11 Å². The van der Waals surface area contributed by atoms with Gasteiger partial charge in [0.05, 0.1) is 10.0 Å². The molecule has 17 heavy (non-hydrogen) atoms. The third kappa shape index (κ3) is 3.29. The Balaban J connectivity index is 2.05. The Bertz CT molecular complexity index is 529. The number of hydrogen-bond donors (Lipinski definition) is 2. The molecule has 0 heterocycles. The average Bonchev–Trinajstić information content (AvgIpc) is 2.31. The summed E-state index contributed by atoms with van der Waals surface area (Å²) in [6, 6.07) is 12.5. The highest BCUT2D eigenvalue weighted by molar-refractivity contribution is 6.42. The molecule has 0 spiro atoms. The Labute approximate surface area is 110 Å². The number of nitrogens with one attached hydrogen (secondary N) is 1. The summed E-state index contributed by atoms with van der Waals surface area (Å²) < 4.78 is 0. The number of rotatable bonds is 3. The first-order valence-corrected chi connectivity index (χ1v) is 5.87. The third-order valence-corrected chi connectivity index (χ3v) is 3.07. The third-order valence-electron chi connectivity index (χ3n) is 2.33. The number of benzene rings is 2. The summed E-state index contributed by atoms with van der Waals surface area (Å²) in [6.07, 6.45) is 0. The van der Waals surface area contributed by atoms with E-state index in [1.165, 1.54) is 0 Å². The van der Waals surface area contributed by atoms with Crippen molar-refractivity contribution >= 4 is 28.9 Å². The van der Waals surface area contributed by atoms with E-state index < -0.39 is 0 Å².